The number of piperidine rings is 1. The van der Waals surface area contributed by atoms with E-state index in [1.54, 1.807) is 31.2 Å². The SMILES string of the molecule is CC(=O)N1CCC(Oc2ccc(C(C)NC(=O)CC(=O)Nc3ccc(C(=N)N)cc3)cc2-c2ccc(Cl)s2)CC1.O=C(O)C(F)(F)F. The fourth-order valence-electron chi connectivity index (χ4n) is 4.50. The minimum atomic E-state index is -5.08. The largest absolute Gasteiger partial charge is 0.490 e. The summed E-state index contributed by atoms with van der Waals surface area (Å²) in [4.78, 5) is 48.4. The van der Waals surface area contributed by atoms with Crippen molar-refractivity contribution in [3.63, 3.8) is 0 Å². The lowest BCUT2D eigenvalue weighted by molar-refractivity contribution is -0.192. The minimum Gasteiger partial charge on any atom is -0.490 e. The van der Waals surface area contributed by atoms with Gasteiger partial charge in [-0.05, 0) is 61.0 Å². The first kappa shape index (κ1) is 36.8. The number of nitrogens with one attached hydrogen (secondary N) is 3. The van der Waals surface area contributed by atoms with Crippen molar-refractivity contribution in [2.75, 3.05) is 18.4 Å². The van der Waals surface area contributed by atoms with Gasteiger partial charge in [0.1, 0.15) is 24.1 Å². The van der Waals surface area contributed by atoms with E-state index in [4.69, 9.17) is 37.4 Å². The summed E-state index contributed by atoms with van der Waals surface area (Å²) in [5.41, 5.74) is 8.23. The van der Waals surface area contributed by atoms with Crippen molar-refractivity contribution in [2.45, 2.75) is 51.4 Å². The standard InChI is InChI=1S/C29H32ClN5O4S.C2HF3O2/c1-17(33-27(37)16-28(38)34-21-6-3-19(4-7-21)29(31)32)20-5-8-24(23(15-20)25-9-10-26(30)40-25)39-22-11-13-35(14-12-22)18(2)36;3-2(4,5)1(6)7/h3-10,15,17,22H,11-14,16H2,1-2H3,(H3,31,32)(H,33,37)(H,34,38);(H,6,7). The van der Waals surface area contributed by atoms with E-state index in [-0.39, 0.29) is 30.3 Å². The molecule has 3 amide bonds. The molecule has 0 bridgehead atoms. The summed E-state index contributed by atoms with van der Waals surface area (Å²) in [6.07, 6.45) is -3.93. The van der Waals surface area contributed by atoms with Crippen molar-refractivity contribution in [2.24, 2.45) is 5.73 Å². The molecule has 2 heterocycles. The van der Waals surface area contributed by atoms with Crippen LogP contribution in [0.4, 0.5) is 18.9 Å². The van der Waals surface area contributed by atoms with Crippen LogP contribution in [0, 0.1) is 5.41 Å². The lowest BCUT2D eigenvalue weighted by atomic mass is 10.0. The first-order chi connectivity index (χ1) is 22.0. The number of hydrogen-bond acceptors (Lipinski definition) is 7. The van der Waals surface area contributed by atoms with Gasteiger partial charge in [0.05, 0.1) is 10.4 Å². The molecule has 6 N–H and O–H groups in total. The molecular weight excluding hydrogens is 663 g/mol. The molecule has 252 valence electrons. The van der Waals surface area contributed by atoms with Crippen molar-refractivity contribution in [1.82, 2.24) is 10.2 Å². The molecule has 1 aliphatic heterocycles. The Morgan fingerprint density at radius 3 is 2.21 bits per heavy atom. The molecule has 1 unspecified atom stereocenters. The molecule has 47 heavy (non-hydrogen) atoms. The third-order valence-corrected chi connectivity index (χ3v) is 8.21. The Hall–Kier alpha value is -4.63. The van der Waals surface area contributed by atoms with Gasteiger partial charge in [-0.15, -0.1) is 11.3 Å². The van der Waals surface area contributed by atoms with Crippen molar-refractivity contribution in [3.8, 4) is 16.2 Å². The molecule has 0 saturated carbocycles. The Bertz CT molecular complexity index is 1610. The summed E-state index contributed by atoms with van der Waals surface area (Å²) in [5, 5.41) is 20.1. The molecule has 1 atom stereocenters. The summed E-state index contributed by atoms with van der Waals surface area (Å²) in [7, 11) is 0. The molecule has 1 fully saturated rings. The van der Waals surface area contributed by atoms with Crippen LogP contribution in [0.2, 0.25) is 4.34 Å². The maximum atomic E-state index is 12.6. The molecule has 16 heteroatoms. The van der Waals surface area contributed by atoms with E-state index in [2.05, 4.69) is 10.6 Å². The lowest BCUT2D eigenvalue weighted by Crippen LogP contribution is -2.40. The number of anilines is 1. The molecule has 1 aromatic heterocycles. The Labute approximate surface area is 277 Å². The molecule has 0 aliphatic carbocycles. The van der Waals surface area contributed by atoms with Crippen LogP contribution < -0.4 is 21.1 Å². The van der Waals surface area contributed by atoms with Gasteiger partial charge in [0.25, 0.3) is 0 Å². The molecule has 11 nitrogen and oxygen atoms in total. The number of hydrogen-bond donors (Lipinski definition) is 5. The minimum absolute atomic E-state index is 0.00932. The van der Waals surface area contributed by atoms with Crippen molar-refractivity contribution in [3.05, 3.63) is 70.1 Å². The van der Waals surface area contributed by atoms with Crippen LogP contribution in [0.25, 0.3) is 10.4 Å². The summed E-state index contributed by atoms with van der Waals surface area (Å²) in [6, 6.07) is 15.7. The lowest BCUT2D eigenvalue weighted by Gasteiger charge is -2.32. The normalized spacial score (nSPS) is 13.9. The molecule has 0 radical (unpaired) electrons. The Morgan fingerprint density at radius 2 is 1.70 bits per heavy atom. The fourth-order valence-corrected chi connectivity index (χ4v) is 5.56. The summed E-state index contributed by atoms with van der Waals surface area (Å²) in [5.74, 6) is -2.89. The van der Waals surface area contributed by atoms with Crippen molar-refractivity contribution < 1.29 is 42.2 Å². The zero-order chi connectivity index (χ0) is 34.9. The molecule has 2 aromatic carbocycles. The highest BCUT2D eigenvalue weighted by atomic mass is 35.5. The molecule has 4 rings (SSSR count). The third kappa shape index (κ3) is 11.3. The van der Waals surface area contributed by atoms with E-state index >= 15 is 0 Å². The molecule has 1 saturated heterocycles. The number of ether oxygens (including phenoxy) is 1. The zero-order valence-electron chi connectivity index (χ0n) is 25.3. The van der Waals surface area contributed by atoms with Crippen LogP contribution in [0.15, 0.2) is 54.6 Å². The monoisotopic (exact) mass is 695 g/mol. The number of carboxylic acids is 1. The van der Waals surface area contributed by atoms with Crippen LogP contribution in [0.5, 0.6) is 5.75 Å². The van der Waals surface area contributed by atoms with Crippen LogP contribution in [-0.4, -0.2) is 64.9 Å². The zero-order valence-corrected chi connectivity index (χ0v) is 26.9. The average molecular weight is 696 g/mol. The van der Waals surface area contributed by atoms with Crippen molar-refractivity contribution in [1.29, 1.82) is 5.41 Å². The van der Waals surface area contributed by atoms with Crippen LogP contribution in [0.1, 0.15) is 50.3 Å². The number of aliphatic carboxylic acids is 1. The van der Waals surface area contributed by atoms with Crippen molar-refractivity contribution >= 4 is 58.2 Å². The van der Waals surface area contributed by atoms with Crippen LogP contribution >= 0.6 is 22.9 Å². The van der Waals surface area contributed by atoms with Gasteiger partial charge in [-0.3, -0.25) is 19.8 Å². The maximum absolute atomic E-state index is 12.6. The van der Waals surface area contributed by atoms with Gasteiger partial charge in [0, 0.05) is 54.5 Å². The first-order valence-corrected chi connectivity index (χ1v) is 15.4. The number of carbonyl (C=O) groups excluding carboxylic acids is 3. The quantitative estimate of drug-likeness (QED) is 0.110. The number of likely N-dealkylation sites (tertiary alicyclic amines) is 1. The number of amidine groups is 1. The number of benzene rings is 2. The number of nitrogens with zero attached hydrogens (tertiary/aromatic N) is 1. The predicted octanol–water partition coefficient (Wildman–Crippen LogP) is 5.58. The number of nitrogens with two attached hydrogens (primary N) is 1. The topological polar surface area (TPSA) is 175 Å². The molecule has 0 spiro atoms. The smallest absolute Gasteiger partial charge is 0.490 e. The first-order valence-electron chi connectivity index (χ1n) is 14.2. The summed E-state index contributed by atoms with van der Waals surface area (Å²) >= 11 is 7.67. The number of carboxylic acid groups (broad SMARTS) is 1. The van der Waals surface area contributed by atoms with E-state index in [0.717, 1.165) is 34.6 Å². The highest BCUT2D eigenvalue weighted by molar-refractivity contribution is 7.19. The highest BCUT2D eigenvalue weighted by Gasteiger charge is 2.38. The van der Waals surface area contributed by atoms with Gasteiger partial charge in [0.15, 0.2) is 0 Å². The number of thiophene rings is 1. The van der Waals surface area contributed by atoms with Gasteiger partial charge in [0.2, 0.25) is 17.7 Å². The van der Waals surface area contributed by atoms with E-state index in [0.29, 0.717) is 28.7 Å². The average Bonchev–Trinajstić information content (AvgIpc) is 3.43. The highest BCUT2D eigenvalue weighted by Crippen LogP contribution is 2.39. The number of carbonyl (C=O) groups is 4. The number of alkyl halides is 3. The predicted molar refractivity (Wildman–Crippen MR) is 172 cm³/mol. The fraction of sp³-hybridized carbons (Fsp3) is 0.323. The van der Waals surface area contributed by atoms with E-state index in [1.807, 2.05) is 42.2 Å². The Balaban J connectivity index is 0.000000771. The summed E-state index contributed by atoms with van der Waals surface area (Å²) in [6.45, 7) is 4.77. The van der Waals surface area contributed by atoms with E-state index < -0.39 is 24.0 Å². The Morgan fingerprint density at radius 1 is 1.09 bits per heavy atom. The number of nitrogen functional groups attached to an aromatic ring is 1. The maximum Gasteiger partial charge on any atom is 0.490 e. The summed E-state index contributed by atoms with van der Waals surface area (Å²) < 4.78 is 38.8. The van der Waals surface area contributed by atoms with E-state index in [9.17, 15) is 27.6 Å². The van der Waals surface area contributed by atoms with Gasteiger partial charge in [-0.2, -0.15) is 13.2 Å². The molecule has 3 aromatic rings. The molecular formula is C31H33ClF3N5O6S. The van der Waals surface area contributed by atoms with Gasteiger partial charge >= 0.3 is 12.1 Å². The number of halogens is 4. The van der Waals surface area contributed by atoms with Crippen LogP contribution in [-0.2, 0) is 19.2 Å². The second-order valence-electron chi connectivity index (χ2n) is 10.5. The second-order valence-corrected chi connectivity index (χ2v) is 12.2. The Kier molecular flexibility index (Phi) is 12.8. The second kappa shape index (κ2) is 16.3. The van der Waals surface area contributed by atoms with E-state index in [1.165, 1.54) is 11.3 Å². The number of amides is 3. The van der Waals surface area contributed by atoms with Gasteiger partial charge < -0.3 is 31.1 Å². The third-order valence-electron chi connectivity index (χ3n) is 6.94. The van der Waals surface area contributed by atoms with Gasteiger partial charge in [-0.1, -0.05) is 17.7 Å². The number of rotatable bonds is 9. The van der Waals surface area contributed by atoms with Gasteiger partial charge in [-0.25, -0.2) is 4.79 Å². The van der Waals surface area contributed by atoms with Crippen LogP contribution in [0.3, 0.4) is 0 Å². The molecule has 1 aliphatic rings.